The van der Waals surface area contributed by atoms with E-state index in [-0.39, 0.29) is 17.3 Å². The molecule has 110 valence electrons. The number of aromatic nitrogens is 3. The Labute approximate surface area is 124 Å². The van der Waals surface area contributed by atoms with Crippen LogP contribution in [0.15, 0.2) is 29.7 Å². The van der Waals surface area contributed by atoms with E-state index < -0.39 is 4.92 Å². The summed E-state index contributed by atoms with van der Waals surface area (Å²) in [6, 6.07) is 4.35. The fourth-order valence-corrected chi connectivity index (χ4v) is 2.27. The molecule has 1 amide bonds. The molecule has 2 aromatic rings. The molecule has 0 fully saturated rings. The Hall–Kier alpha value is -2.42. The zero-order valence-corrected chi connectivity index (χ0v) is 12.3. The number of nitrogens with one attached hydrogen (secondary N) is 1. The van der Waals surface area contributed by atoms with E-state index in [1.54, 1.807) is 30.9 Å². The smallest absolute Gasteiger partial charge is 0.271 e. The van der Waals surface area contributed by atoms with Gasteiger partial charge in [-0.25, -0.2) is 0 Å². The molecule has 0 aliphatic carbocycles. The molecule has 9 heteroatoms. The van der Waals surface area contributed by atoms with Crippen LogP contribution in [0.1, 0.15) is 5.56 Å². The Morgan fingerprint density at radius 2 is 2.29 bits per heavy atom. The van der Waals surface area contributed by atoms with Crippen LogP contribution in [0, 0.1) is 17.0 Å². The molecule has 2 rings (SSSR count). The molecule has 1 N–H and O–H groups in total. The highest BCUT2D eigenvalue weighted by atomic mass is 32.2. The molecule has 0 radical (unpaired) electrons. The van der Waals surface area contributed by atoms with Gasteiger partial charge >= 0.3 is 0 Å². The number of anilines is 1. The van der Waals surface area contributed by atoms with Crippen molar-refractivity contribution in [3.63, 3.8) is 0 Å². The van der Waals surface area contributed by atoms with Gasteiger partial charge in [0.15, 0.2) is 5.16 Å². The molecule has 0 saturated heterocycles. The summed E-state index contributed by atoms with van der Waals surface area (Å²) in [5.41, 5.74) is 1.14. The Kier molecular flexibility index (Phi) is 4.53. The van der Waals surface area contributed by atoms with Gasteiger partial charge < -0.3 is 9.88 Å². The SMILES string of the molecule is Cc1ccc([N+](=O)[O-])cc1NC(=O)CSc1nncn1C. The van der Waals surface area contributed by atoms with Gasteiger partial charge in [-0.3, -0.25) is 14.9 Å². The number of hydrogen-bond donors (Lipinski definition) is 1. The van der Waals surface area contributed by atoms with Gasteiger partial charge in [0.05, 0.1) is 16.4 Å². The lowest BCUT2D eigenvalue weighted by molar-refractivity contribution is -0.384. The standard InChI is InChI=1S/C12H13N5O3S/c1-8-3-4-9(17(19)20)5-10(8)14-11(18)6-21-12-15-13-7-16(12)2/h3-5,7H,6H2,1-2H3,(H,14,18). The second kappa shape index (κ2) is 6.35. The molecule has 0 spiro atoms. The van der Waals surface area contributed by atoms with Gasteiger partial charge in [-0.15, -0.1) is 10.2 Å². The summed E-state index contributed by atoms with van der Waals surface area (Å²) >= 11 is 1.24. The zero-order chi connectivity index (χ0) is 15.4. The summed E-state index contributed by atoms with van der Waals surface area (Å²) in [4.78, 5) is 22.1. The highest BCUT2D eigenvalue weighted by molar-refractivity contribution is 7.99. The van der Waals surface area contributed by atoms with Crippen LogP contribution in [0.25, 0.3) is 0 Å². The lowest BCUT2D eigenvalue weighted by atomic mass is 10.2. The van der Waals surface area contributed by atoms with E-state index in [4.69, 9.17) is 0 Å². The maximum absolute atomic E-state index is 11.9. The summed E-state index contributed by atoms with van der Waals surface area (Å²) < 4.78 is 1.70. The molecule has 1 aromatic carbocycles. The number of non-ortho nitro benzene ring substituents is 1. The van der Waals surface area contributed by atoms with E-state index in [0.29, 0.717) is 10.8 Å². The predicted octanol–water partition coefficient (Wildman–Crippen LogP) is 1.76. The number of benzene rings is 1. The molecule has 1 aromatic heterocycles. The van der Waals surface area contributed by atoms with Crippen LogP contribution in [0.2, 0.25) is 0 Å². The maximum Gasteiger partial charge on any atom is 0.271 e. The van der Waals surface area contributed by atoms with Crippen molar-refractivity contribution in [2.75, 3.05) is 11.1 Å². The van der Waals surface area contributed by atoms with Gasteiger partial charge in [-0.1, -0.05) is 17.8 Å². The van der Waals surface area contributed by atoms with E-state index >= 15 is 0 Å². The molecular formula is C12H13N5O3S. The molecular weight excluding hydrogens is 294 g/mol. The number of hydrogen-bond acceptors (Lipinski definition) is 6. The van der Waals surface area contributed by atoms with Gasteiger partial charge in [0.1, 0.15) is 6.33 Å². The highest BCUT2D eigenvalue weighted by Crippen LogP contribution is 2.22. The van der Waals surface area contributed by atoms with Gasteiger partial charge in [0.2, 0.25) is 5.91 Å². The summed E-state index contributed by atoms with van der Waals surface area (Å²) in [7, 11) is 1.78. The second-order valence-corrected chi connectivity index (χ2v) is 5.26. The minimum Gasteiger partial charge on any atom is -0.325 e. The zero-order valence-electron chi connectivity index (χ0n) is 11.4. The van der Waals surface area contributed by atoms with Crippen LogP contribution in [0.5, 0.6) is 0 Å². The van der Waals surface area contributed by atoms with Gasteiger partial charge in [0.25, 0.3) is 5.69 Å². The minimum absolute atomic E-state index is 0.0585. The normalized spacial score (nSPS) is 10.4. The van der Waals surface area contributed by atoms with Crippen molar-refractivity contribution in [2.45, 2.75) is 12.1 Å². The topological polar surface area (TPSA) is 103 Å². The molecule has 0 unspecified atom stereocenters. The lowest BCUT2D eigenvalue weighted by Gasteiger charge is -2.07. The number of nitrogens with zero attached hydrogens (tertiary/aromatic N) is 4. The Morgan fingerprint density at radius 1 is 1.52 bits per heavy atom. The lowest BCUT2D eigenvalue weighted by Crippen LogP contribution is -2.15. The first-order valence-electron chi connectivity index (χ1n) is 5.99. The summed E-state index contributed by atoms with van der Waals surface area (Å²) in [6.45, 7) is 1.77. The summed E-state index contributed by atoms with van der Waals surface area (Å²) in [5, 5.41) is 21.6. The van der Waals surface area contributed by atoms with Crippen molar-refractivity contribution in [1.29, 1.82) is 0 Å². The van der Waals surface area contributed by atoms with E-state index in [9.17, 15) is 14.9 Å². The maximum atomic E-state index is 11.9. The summed E-state index contributed by atoms with van der Waals surface area (Å²) in [6.07, 6.45) is 1.55. The van der Waals surface area contributed by atoms with E-state index in [2.05, 4.69) is 15.5 Å². The molecule has 1 heterocycles. The first-order chi connectivity index (χ1) is 9.97. The summed E-state index contributed by atoms with van der Waals surface area (Å²) in [5.74, 6) is -0.110. The largest absolute Gasteiger partial charge is 0.325 e. The van der Waals surface area contributed by atoms with Crippen molar-refractivity contribution in [3.05, 3.63) is 40.2 Å². The van der Waals surface area contributed by atoms with Crippen LogP contribution >= 0.6 is 11.8 Å². The van der Waals surface area contributed by atoms with Crippen molar-refractivity contribution in [3.8, 4) is 0 Å². The van der Waals surface area contributed by atoms with E-state index in [1.807, 2.05) is 0 Å². The van der Waals surface area contributed by atoms with Crippen LogP contribution in [0.3, 0.4) is 0 Å². The van der Waals surface area contributed by atoms with Crippen LogP contribution in [-0.2, 0) is 11.8 Å². The fraction of sp³-hybridized carbons (Fsp3) is 0.250. The quantitative estimate of drug-likeness (QED) is 0.513. The number of carbonyl (C=O) groups excluding carboxylic acids is 1. The average molecular weight is 307 g/mol. The molecule has 0 aliphatic rings. The van der Waals surface area contributed by atoms with Crippen molar-refractivity contribution in [2.24, 2.45) is 7.05 Å². The van der Waals surface area contributed by atoms with Gasteiger partial charge in [0, 0.05) is 19.2 Å². The third-order valence-corrected chi connectivity index (χ3v) is 3.74. The molecule has 8 nitrogen and oxygen atoms in total. The number of rotatable bonds is 5. The average Bonchev–Trinajstić information content (AvgIpc) is 2.84. The van der Waals surface area contributed by atoms with Crippen LogP contribution in [0.4, 0.5) is 11.4 Å². The monoisotopic (exact) mass is 307 g/mol. The molecule has 0 bridgehead atoms. The number of aryl methyl sites for hydroxylation is 2. The minimum atomic E-state index is -0.497. The van der Waals surface area contributed by atoms with Gasteiger partial charge in [-0.2, -0.15) is 0 Å². The van der Waals surface area contributed by atoms with E-state index in [1.165, 1.54) is 23.9 Å². The number of nitro groups is 1. The number of amides is 1. The first-order valence-corrected chi connectivity index (χ1v) is 6.97. The van der Waals surface area contributed by atoms with Crippen molar-refractivity contribution < 1.29 is 9.72 Å². The third-order valence-electron chi connectivity index (χ3n) is 2.71. The van der Waals surface area contributed by atoms with Crippen molar-refractivity contribution >= 4 is 29.0 Å². The van der Waals surface area contributed by atoms with Crippen LogP contribution in [-0.4, -0.2) is 31.3 Å². The number of nitro benzene ring substituents is 1. The molecule has 0 aliphatic heterocycles. The fourth-order valence-electron chi connectivity index (χ4n) is 1.58. The Bertz CT molecular complexity index is 685. The van der Waals surface area contributed by atoms with E-state index in [0.717, 1.165) is 5.56 Å². The van der Waals surface area contributed by atoms with Crippen molar-refractivity contribution in [1.82, 2.24) is 14.8 Å². The predicted molar refractivity (Wildman–Crippen MR) is 78.2 cm³/mol. The van der Waals surface area contributed by atoms with Crippen LogP contribution < -0.4 is 5.32 Å². The number of thioether (sulfide) groups is 1. The Balaban J connectivity index is 2.01. The molecule has 0 atom stereocenters. The first kappa shape index (κ1) is 15.0. The molecule has 21 heavy (non-hydrogen) atoms. The molecule has 0 saturated carbocycles. The number of carbonyl (C=O) groups is 1. The van der Waals surface area contributed by atoms with Gasteiger partial charge in [-0.05, 0) is 12.5 Å². The highest BCUT2D eigenvalue weighted by Gasteiger charge is 2.12. The Morgan fingerprint density at radius 3 is 2.90 bits per heavy atom. The third kappa shape index (κ3) is 3.78. The second-order valence-electron chi connectivity index (χ2n) is 4.32.